The highest BCUT2D eigenvalue weighted by atomic mass is 15.4. The fraction of sp³-hybridized carbons (Fsp3) is 0.500. The molecule has 4 rings (SSSR count). The maximum atomic E-state index is 4.76. The van der Waals surface area contributed by atoms with E-state index < -0.39 is 0 Å². The highest BCUT2D eigenvalue weighted by molar-refractivity contribution is 5.48. The number of aromatic nitrogens is 6. The van der Waals surface area contributed by atoms with E-state index in [2.05, 4.69) is 51.2 Å². The van der Waals surface area contributed by atoms with E-state index in [1.165, 1.54) is 0 Å². The molecule has 3 aromatic heterocycles. The largest absolute Gasteiger partial charge is 0.370 e. The smallest absolute Gasteiger partial charge is 0.178 e. The Kier molecular flexibility index (Phi) is 3.97. The van der Waals surface area contributed by atoms with Gasteiger partial charge in [-0.3, -0.25) is 0 Å². The van der Waals surface area contributed by atoms with Crippen molar-refractivity contribution in [2.75, 3.05) is 29.9 Å². The fourth-order valence-electron chi connectivity index (χ4n) is 3.10. The minimum Gasteiger partial charge on any atom is -0.370 e. The summed E-state index contributed by atoms with van der Waals surface area (Å²) in [5.41, 5.74) is 1.66. The molecule has 0 aromatic carbocycles. The second kappa shape index (κ2) is 6.19. The average Bonchev–Trinajstić information content (AvgIpc) is 2.97. The Labute approximate surface area is 152 Å². The Bertz CT molecular complexity index is 920. The van der Waals surface area contributed by atoms with Crippen molar-refractivity contribution >= 4 is 17.3 Å². The average molecular weight is 352 g/mol. The third-order valence-electron chi connectivity index (χ3n) is 4.58. The van der Waals surface area contributed by atoms with Crippen molar-refractivity contribution in [2.24, 2.45) is 5.92 Å². The van der Waals surface area contributed by atoms with Crippen molar-refractivity contribution in [1.82, 2.24) is 29.8 Å². The van der Waals surface area contributed by atoms with E-state index in [0.717, 1.165) is 48.4 Å². The second-order valence-corrected chi connectivity index (χ2v) is 7.93. The lowest BCUT2D eigenvalue weighted by atomic mass is 9.96. The number of rotatable bonds is 4. The van der Waals surface area contributed by atoms with Crippen LogP contribution >= 0.6 is 0 Å². The van der Waals surface area contributed by atoms with E-state index in [-0.39, 0.29) is 5.41 Å². The molecule has 1 fully saturated rings. The first-order valence-electron chi connectivity index (χ1n) is 8.90. The van der Waals surface area contributed by atoms with Gasteiger partial charge in [0.25, 0.3) is 0 Å². The molecule has 136 valence electrons. The number of aryl methyl sites for hydroxylation is 1. The molecule has 1 saturated heterocycles. The summed E-state index contributed by atoms with van der Waals surface area (Å²) >= 11 is 0. The van der Waals surface area contributed by atoms with Crippen molar-refractivity contribution in [3.05, 3.63) is 36.0 Å². The van der Waals surface area contributed by atoms with Crippen LogP contribution in [0, 0.1) is 12.8 Å². The summed E-state index contributed by atoms with van der Waals surface area (Å²) in [6.07, 6.45) is 1.59. The quantitative estimate of drug-likeness (QED) is 0.769. The summed E-state index contributed by atoms with van der Waals surface area (Å²) in [7, 11) is 0. The number of hydrogen-bond acceptors (Lipinski definition) is 7. The minimum absolute atomic E-state index is 0.0951. The van der Waals surface area contributed by atoms with Gasteiger partial charge in [0.2, 0.25) is 0 Å². The third-order valence-corrected chi connectivity index (χ3v) is 4.58. The topological polar surface area (TPSA) is 84.1 Å². The minimum atomic E-state index is -0.0951. The van der Waals surface area contributed by atoms with E-state index in [9.17, 15) is 0 Å². The van der Waals surface area contributed by atoms with Gasteiger partial charge < -0.3 is 10.2 Å². The number of nitrogens with one attached hydrogen (secondary N) is 1. The maximum absolute atomic E-state index is 4.76. The predicted molar refractivity (Wildman–Crippen MR) is 100 cm³/mol. The summed E-state index contributed by atoms with van der Waals surface area (Å²) in [6, 6.07) is 5.97. The molecule has 1 aliphatic heterocycles. The zero-order valence-electron chi connectivity index (χ0n) is 15.6. The Balaban J connectivity index is 1.41. The Morgan fingerprint density at radius 2 is 1.96 bits per heavy atom. The molecule has 1 aliphatic rings. The number of anilines is 2. The van der Waals surface area contributed by atoms with Gasteiger partial charge in [0.05, 0.1) is 0 Å². The molecule has 1 N–H and O–H groups in total. The number of fused-ring (bicyclic) bond motifs is 1. The monoisotopic (exact) mass is 352 g/mol. The van der Waals surface area contributed by atoms with Crippen LogP contribution in [0.4, 0.5) is 11.6 Å². The van der Waals surface area contributed by atoms with E-state index in [0.29, 0.717) is 5.92 Å². The molecule has 0 amide bonds. The molecule has 0 bridgehead atoms. The van der Waals surface area contributed by atoms with Crippen LogP contribution in [0.15, 0.2) is 24.5 Å². The van der Waals surface area contributed by atoms with Crippen LogP contribution in [0.1, 0.15) is 32.3 Å². The van der Waals surface area contributed by atoms with Crippen molar-refractivity contribution in [3.8, 4) is 0 Å². The number of nitrogens with zero attached hydrogens (tertiary/aromatic N) is 7. The molecular weight excluding hydrogens is 328 g/mol. The van der Waals surface area contributed by atoms with Crippen LogP contribution in [0.3, 0.4) is 0 Å². The van der Waals surface area contributed by atoms with Gasteiger partial charge in [-0.1, -0.05) is 20.8 Å². The summed E-state index contributed by atoms with van der Waals surface area (Å²) < 4.78 is 1.87. The molecule has 0 saturated carbocycles. The lowest BCUT2D eigenvalue weighted by Crippen LogP contribution is -2.50. The van der Waals surface area contributed by atoms with Crippen molar-refractivity contribution in [2.45, 2.75) is 33.1 Å². The van der Waals surface area contributed by atoms with Gasteiger partial charge in [-0.25, -0.2) is 9.97 Å². The van der Waals surface area contributed by atoms with Gasteiger partial charge in [-0.15, -0.1) is 15.3 Å². The van der Waals surface area contributed by atoms with E-state index in [4.69, 9.17) is 5.10 Å². The van der Waals surface area contributed by atoms with Crippen LogP contribution in [0.25, 0.3) is 5.65 Å². The van der Waals surface area contributed by atoms with Gasteiger partial charge in [0.15, 0.2) is 11.5 Å². The standard InChI is InChI=1S/C18H24N8/c1-12-7-14(21-11-20-12)19-8-13-9-25(10-13)16-6-5-15-22-23-17(18(2,3)4)26(15)24-16/h5-7,11,13H,8-10H2,1-4H3,(H,19,20,21). The lowest BCUT2D eigenvalue weighted by Gasteiger charge is -2.40. The van der Waals surface area contributed by atoms with E-state index in [1.807, 2.05) is 29.6 Å². The fourth-order valence-corrected chi connectivity index (χ4v) is 3.10. The maximum Gasteiger partial charge on any atom is 0.178 e. The number of hydrogen-bond donors (Lipinski definition) is 1. The molecule has 3 aromatic rings. The SMILES string of the molecule is Cc1cc(NCC2CN(c3ccc4nnc(C(C)(C)C)n4n3)C2)ncn1. The van der Waals surface area contributed by atoms with Crippen LogP contribution < -0.4 is 10.2 Å². The van der Waals surface area contributed by atoms with Crippen molar-refractivity contribution in [1.29, 1.82) is 0 Å². The normalized spacial score (nSPS) is 15.3. The third kappa shape index (κ3) is 3.18. The molecule has 26 heavy (non-hydrogen) atoms. The highest BCUT2D eigenvalue weighted by Crippen LogP contribution is 2.25. The molecule has 0 atom stereocenters. The zero-order chi connectivity index (χ0) is 18.3. The van der Waals surface area contributed by atoms with Gasteiger partial charge in [-0.05, 0) is 19.1 Å². The van der Waals surface area contributed by atoms with E-state index >= 15 is 0 Å². The molecule has 0 spiro atoms. The van der Waals surface area contributed by atoms with Gasteiger partial charge in [0.1, 0.15) is 18.0 Å². The van der Waals surface area contributed by atoms with Crippen LogP contribution in [-0.4, -0.2) is 49.4 Å². The Morgan fingerprint density at radius 1 is 1.15 bits per heavy atom. The molecule has 0 unspecified atom stereocenters. The first-order valence-corrected chi connectivity index (χ1v) is 8.90. The predicted octanol–water partition coefficient (Wildman–Crippen LogP) is 2.07. The first kappa shape index (κ1) is 16.7. The molecule has 8 heteroatoms. The second-order valence-electron chi connectivity index (χ2n) is 7.93. The van der Waals surface area contributed by atoms with Crippen molar-refractivity contribution < 1.29 is 0 Å². The van der Waals surface area contributed by atoms with E-state index in [1.54, 1.807) is 6.33 Å². The molecular formula is C18H24N8. The highest BCUT2D eigenvalue weighted by Gasteiger charge is 2.29. The molecule has 4 heterocycles. The summed E-state index contributed by atoms with van der Waals surface area (Å²) in [5.74, 6) is 3.31. The zero-order valence-corrected chi connectivity index (χ0v) is 15.6. The Morgan fingerprint density at radius 3 is 2.69 bits per heavy atom. The first-order chi connectivity index (χ1) is 12.4. The summed E-state index contributed by atoms with van der Waals surface area (Å²) in [5, 5.41) is 16.7. The van der Waals surface area contributed by atoms with Gasteiger partial charge >= 0.3 is 0 Å². The van der Waals surface area contributed by atoms with Crippen LogP contribution in [-0.2, 0) is 5.41 Å². The summed E-state index contributed by atoms with van der Waals surface area (Å²) in [6.45, 7) is 11.2. The molecule has 0 radical (unpaired) electrons. The lowest BCUT2D eigenvalue weighted by molar-refractivity contribution is 0.423. The van der Waals surface area contributed by atoms with Gasteiger partial charge in [0, 0.05) is 42.7 Å². The van der Waals surface area contributed by atoms with Crippen molar-refractivity contribution in [3.63, 3.8) is 0 Å². The Hall–Kier alpha value is -2.77. The van der Waals surface area contributed by atoms with Crippen LogP contribution in [0.5, 0.6) is 0 Å². The molecule has 0 aliphatic carbocycles. The molecule has 8 nitrogen and oxygen atoms in total. The summed E-state index contributed by atoms with van der Waals surface area (Å²) in [4.78, 5) is 10.6. The van der Waals surface area contributed by atoms with Crippen LogP contribution in [0.2, 0.25) is 0 Å². The van der Waals surface area contributed by atoms with Gasteiger partial charge in [-0.2, -0.15) is 4.52 Å².